The average Bonchev–Trinajstić information content (AvgIpc) is 3.33. The van der Waals surface area contributed by atoms with Crippen molar-refractivity contribution >= 4 is 22.8 Å². The molecule has 180 valence electrons. The predicted octanol–water partition coefficient (Wildman–Crippen LogP) is 4.61. The van der Waals surface area contributed by atoms with Crippen LogP contribution in [0, 0.1) is 6.92 Å². The SMILES string of the molecule is Cc1nc2cccc(-c3cc4c([nH]3)[C@@H](C)NC4=O)c2nc1N[C@@H]1CCC[C@@H](NCC(F)(F)F)C1. The third-order valence-electron chi connectivity index (χ3n) is 6.64. The topological polar surface area (TPSA) is 94.7 Å². The molecule has 0 unspecified atom stereocenters. The Morgan fingerprint density at radius 2 is 1.94 bits per heavy atom. The molecule has 1 saturated carbocycles. The highest BCUT2D eigenvalue weighted by atomic mass is 19.4. The van der Waals surface area contributed by atoms with Crippen molar-refractivity contribution in [2.24, 2.45) is 0 Å². The zero-order valence-corrected chi connectivity index (χ0v) is 19.0. The van der Waals surface area contributed by atoms with Crippen molar-refractivity contribution in [1.29, 1.82) is 0 Å². The van der Waals surface area contributed by atoms with Crippen molar-refractivity contribution in [2.45, 2.75) is 63.8 Å². The molecule has 34 heavy (non-hydrogen) atoms. The van der Waals surface area contributed by atoms with E-state index >= 15 is 0 Å². The molecule has 3 heterocycles. The molecule has 5 rings (SSSR count). The lowest BCUT2D eigenvalue weighted by atomic mass is 9.91. The number of aryl methyl sites for hydroxylation is 1. The van der Waals surface area contributed by atoms with Gasteiger partial charge in [-0.1, -0.05) is 12.1 Å². The third kappa shape index (κ3) is 4.46. The van der Waals surface area contributed by atoms with Gasteiger partial charge in [-0.3, -0.25) is 4.79 Å². The molecule has 1 aromatic carbocycles. The fraction of sp³-hybridized carbons (Fsp3) is 0.458. The summed E-state index contributed by atoms with van der Waals surface area (Å²) in [5.74, 6) is 0.534. The number of amides is 1. The van der Waals surface area contributed by atoms with E-state index in [9.17, 15) is 18.0 Å². The van der Waals surface area contributed by atoms with Crippen LogP contribution in [0.5, 0.6) is 0 Å². The number of alkyl halides is 3. The van der Waals surface area contributed by atoms with Gasteiger partial charge in [0.1, 0.15) is 11.3 Å². The van der Waals surface area contributed by atoms with Crippen LogP contribution in [-0.2, 0) is 0 Å². The molecule has 10 heteroatoms. The minimum atomic E-state index is -4.21. The van der Waals surface area contributed by atoms with Crippen LogP contribution in [0.1, 0.15) is 60.4 Å². The summed E-state index contributed by atoms with van der Waals surface area (Å²) in [4.78, 5) is 25.2. The number of hydrogen-bond acceptors (Lipinski definition) is 5. The standard InChI is InChI=1S/C24H27F3N6O/c1-12-20-17(23(34)30-12)10-19(32-20)16-7-4-8-18-21(16)33-22(13(2)29-18)31-15-6-3-5-14(9-15)28-11-24(25,26)27/h4,7-8,10,12,14-15,28,32H,3,5-6,9,11H2,1-2H3,(H,30,34)(H,31,33)/t12-,14-,15-/m1/s1. The maximum Gasteiger partial charge on any atom is 0.401 e. The maximum absolute atomic E-state index is 12.6. The lowest BCUT2D eigenvalue weighted by Gasteiger charge is -2.31. The molecule has 7 nitrogen and oxygen atoms in total. The molecule has 2 aromatic heterocycles. The van der Waals surface area contributed by atoms with E-state index in [1.165, 1.54) is 0 Å². The largest absolute Gasteiger partial charge is 0.401 e. The fourth-order valence-corrected chi connectivity index (χ4v) is 4.97. The zero-order valence-electron chi connectivity index (χ0n) is 19.0. The summed E-state index contributed by atoms with van der Waals surface area (Å²) < 4.78 is 37.8. The first-order valence-corrected chi connectivity index (χ1v) is 11.6. The van der Waals surface area contributed by atoms with Crippen LogP contribution < -0.4 is 16.0 Å². The highest BCUT2D eigenvalue weighted by Gasteiger charge is 2.31. The number of anilines is 1. The number of fused-ring (bicyclic) bond motifs is 2. The van der Waals surface area contributed by atoms with E-state index in [1.807, 2.05) is 38.1 Å². The Morgan fingerprint density at radius 3 is 2.71 bits per heavy atom. The van der Waals surface area contributed by atoms with Gasteiger partial charge < -0.3 is 20.9 Å². The summed E-state index contributed by atoms with van der Waals surface area (Å²) in [6, 6.07) is 7.33. The number of nitrogens with one attached hydrogen (secondary N) is 4. The number of aromatic amines is 1. The first kappa shape index (κ1) is 22.6. The molecule has 3 aromatic rings. The van der Waals surface area contributed by atoms with Crippen molar-refractivity contribution in [2.75, 3.05) is 11.9 Å². The normalized spacial score (nSPS) is 22.6. The van der Waals surface area contributed by atoms with Gasteiger partial charge in [-0.2, -0.15) is 13.2 Å². The summed E-state index contributed by atoms with van der Waals surface area (Å²) in [6.07, 6.45) is -1.20. The molecule has 1 aliphatic heterocycles. The van der Waals surface area contributed by atoms with Gasteiger partial charge in [0, 0.05) is 23.3 Å². The van der Waals surface area contributed by atoms with E-state index in [4.69, 9.17) is 9.97 Å². The van der Waals surface area contributed by atoms with Crippen LogP contribution >= 0.6 is 0 Å². The Bertz CT molecular complexity index is 1240. The van der Waals surface area contributed by atoms with E-state index in [0.717, 1.165) is 47.4 Å². The maximum atomic E-state index is 12.6. The number of carbonyl (C=O) groups is 1. The second kappa shape index (κ2) is 8.57. The van der Waals surface area contributed by atoms with Gasteiger partial charge in [0.25, 0.3) is 5.91 Å². The van der Waals surface area contributed by atoms with Gasteiger partial charge in [0.2, 0.25) is 0 Å². The smallest absolute Gasteiger partial charge is 0.366 e. The number of carbonyl (C=O) groups excluding carboxylic acids is 1. The number of H-pyrrole nitrogens is 1. The summed E-state index contributed by atoms with van der Waals surface area (Å²) >= 11 is 0. The molecule has 1 aliphatic carbocycles. The van der Waals surface area contributed by atoms with E-state index in [2.05, 4.69) is 20.9 Å². The van der Waals surface area contributed by atoms with Gasteiger partial charge in [0.15, 0.2) is 0 Å². The first-order chi connectivity index (χ1) is 16.2. The second-order valence-electron chi connectivity index (χ2n) is 9.24. The number of aromatic nitrogens is 3. The van der Waals surface area contributed by atoms with E-state index in [0.29, 0.717) is 23.3 Å². The minimum absolute atomic E-state index is 0.0101. The average molecular weight is 473 g/mol. The van der Waals surface area contributed by atoms with Crippen molar-refractivity contribution in [3.05, 3.63) is 41.2 Å². The predicted molar refractivity (Wildman–Crippen MR) is 124 cm³/mol. The number of halogens is 3. The number of benzene rings is 1. The lowest BCUT2D eigenvalue weighted by Crippen LogP contribution is -2.42. The molecular formula is C24H27F3N6O. The van der Waals surface area contributed by atoms with Gasteiger partial charge in [0.05, 0.1) is 35.1 Å². The Morgan fingerprint density at radius 1 is 1.15 bits per heavy atom. The Kier molecular flexibility index (Phi) is 5.71. The molecular weight excluding hydrogens is 445 g/mol. The molecule has 1 fully saturated rings. The van der Waals surface area contributed by atoms with Crippen LogP contribution in [0.2, 0.25) is 0 Å². The van der Waals surface area contributed by atoms with E-state index < -0.39 is 12.7 Å². The number of hydrogen-bond donors (Lipinski definition) is 4. The summed E-state index contributed by atoms with van der Waals surface area (Å²) in [5, 5.41) is 8.96. The molecule has 4 N–H and O–H groups in total. The van der Waals surface area contributed by atoms with Crippen LogP contribution in [0.3, 0.4) is 0 Å². The molecule has 2 aliphatic rings. The third-order valence-corrected chi connectivity index (χ3v) is 6.64. The Balaban J connectivity index is 1.41. The summed E-state index contributed by atoms with van der Waals surface area (Å²) in [6.45, 7) is 2.83. The van der Waals surface area contributed by atoms with Gasteiger partial charge in [-0.05, 0) is 51.7 Å². The van der Waals surface area contributed by atoms with Crippen LogP contribution in [0.4, 0.5) is 19.0 Å². The highest BCUT2D eigenvalue weighted by Crippen LogP contribution is 2.33. The highest BCUT2D eigenvalue weighted by molar-refractivity contribution is 6.01. The van der Waals surface area contributed by atoms with Crippen molar-refractivity contribution < 1.29 is 18.0 Å². The molecule has 0 radical (unpaired) electrons. The first-order valence-electron chi connectivity index (χ1n) is 11.6. The van der Waals surface area contributed by atoms with Gasteiger partial charge >= 0.3 is 6.18 Å². The molecule has 1 amide bonds. The van der Waals surface area contributed by atoms with Crippen molar-refractivity contribution in [3.8, 4) is 11.3 Å². The fourth-order valence-electron chi connectivity index (χ4n) is 4.97. The van der Waals surface area contributed by atoms with Gasteiger partial charge in [-0.15, -0.1) is 0 Å². The quantitative estimate of drug-likeness (QED) is 0.435. The minimum Gasteiger partial charge on any atom is -0.366 e. The molecule has 0 bridgehead atoms. The number of rotatable bonds is 5. The van der Waals surface area contributed by atoms with Crippen LogP contribution in [0.25, 0.3) is 22.3 Å². The molecule has 3 atom stereocenters. The number of para-hydroxylation sites is 1. The Hall–Kier alpha value is -3.14. The van der Waals surface area contributed by atoms with Crippen LogP contribution in [0.15, 0.2) is 24.3 Å². The number of nitrogens with zero attached hydrogens (tertiary/aromatic N) is 2. The van der Waals surface area contributed by atoms with Crippen molar-refractivity contribution in [1.82, 2.24) is 25.6 Å². The second-order valence-corrected chi connectivity index (χ2v) is 9.24. The van der Waals surface area contributed by atoms with Gasteiger partial charge in [-0.25, -0.2) is 9.97 Å². The van der Waals surface area contributed by atoms with Crippen LogP contribution in [-0.4, -0.2) is 45.7 Å². The monoisotopic (exact) mass is 472 g/mol. The van der Waals surface area contributed by atoms with Crippen molar-refractivity contribution in [3.63, 3.8) is 0 Å². The summed E-state index contributed by atoms with van der Waals surface area (Å²) in [5.41, 5.74) is 5.31. The zero-order chi connectivity index (χ0) is 24.0. The Labute approximate surface area is 194 Å². The molecule has 0 saturated heterocycles. The van der Waals surface area contributed by atoms with E-state index in [1.54, 1.807) is 0 Å². The van der Waals surface area contributed by atoms with E-state index in [-0.39, 0.29) is 24.0 Å². The lowest BCUT2D eigenvalue weighted by molar-refractivity contribution is -0.126. The summed E-state index contributed by atoms with van der Waals surface area (Å²) in [7, 11) is 0. The molecule has 0 spiro atoms.